The lowest BCUT2D eigenvalue weighted by molar-refractivity contribution is -0.112. The van der Waals surface area contributed by atoms with Crippen LogP contribution in [-0.2, 0) is 9.47 Å². The van der Waals surface area contributed by atoms with Gasteiger partial charge in [-0.3, -0.25) is 0 Å². The fourth-order valence-electron chi connectivity index (χ4n) is 4.75. The monoisotopic (exact) mass is 398 g/mol. The highest BCUT2D eigenvalue weighted by Gasteiger charge is 2.42. The standard InChI is InChI=1S/C26H43BO2/c1-5-9-17-24(27(19-10-6-2)20-11-7-3)25(23-15-13-12-14-16-23)26(18-8-4)28-21-22-29-26/h12-16H,5-11,17-22H2,1-4H3/b25-24-. The SMILES string of the molecule is CCCCB(CCCC)/C(CCCC)=C(/c1ccccc1)C1(CCC)OCCO1. The number of ether oxygens (including phenoxy) is 2. The maximum Gasteiger partial charge on any atom is 0.194 e. The second-order valence-corrected chi connectivity index (χ2v) is 8.55. The Kier molecular flexibility index (Phi) is 11.1. The second-order valence-electron chi connectivity index (χ2n) is 8.55. The normalized spacial score (nSPS) is 16.7. The smallest absolute Gasteiger partial charge is 0.194 e. The first kappa shape index (κ1) is 24.2. The van der Waals surface area contributed by atoms with Gasteiger partial charge in [-0.1, -0.05) is 121 Å². The van der Waals surface area contributed by atoms with Gasteiger partial charge in [0.25, 0.3) is 0 Å². The molecule has 0 bridgehead atoms. The van der Waals surface area contributed by atoms with E-state index < -0.39 is 5.79 Å². The lowest BCUT2D eigenvalue weighted by atomic mass is 9.37. The van der Waals surface area contributed by atoms with Gasteiger partial charge in [0, 0.05) is 12.0 Å². The molecule has 29 heavy (non-hydrogen) atoms. The van der Waals surface area contributed by atoms with E-state index in [9.17, 15) is 0 Å². The number of benzene rings is 1. The highest BCUT2D eigenvalue weighted by Crippen LogP contribution is 2.43. The summed E-state index contributed by atoms with van der Waals surface area (Å²) < 4.78 is 12.9. The van der Waals surface area contributed by atoms with Crippen molar-refractivity contribution in [1.29, 1.82) is 0 Å². The van der Waals surface area contributed by atoms with Crippen LogP contribution in [0, 0.1) is 0 Å². The van der Waals surface area contributed by atoms with Gasteiger partial charge < -0.3 is 9.47 Å². The molecular formula is C26H43BO2. The maximum absolute atomic E-state index is 6.44. The molecule has 2 rings (SSSR count). The summed E-state index contributed by atoms with van der Waals surface area (Å²) in [4.78, 5) is 0. The molecule has 1 aromatic rings. The van der Waals surface area contributed by atoms with Crippen LogP contribution in [0.1, 0.15) is 91.0 Å². The molecule has 1 saturated heterocycles. The minimum Gasteiger partial charge on any atom is -0.343 e. The highest BCUT2D eigenvalue weighted by atomic mass is 16.7. The lowest BCUT2D eigenvalue weighted by Gasteiger charge is -2.35. The van der Waals surface area contributed by atoms with Gasteiger partial charge in [-0.2, -0.15) is 0 Å². The molecule has 1 aliphatic heterocycles. The van der Waals surface area contributed by atoms with Gasteiger partial charge >= 0.3 is 0 Å². The Morgan fingerprint density at radius 3 is 1.93 bits per heavy atom. The topological polar surface area (TPSA) is 18.5 Å². The summed E-state index contributed by atoms with van der Waals surface area (Å²) in [6.07, 6.45) is 13.3. The average Bonchev–Trinajstić information content (AvgIpc) is 3.21. The summed E-state index contributed by atoms with van der Waals surface area (Å²) in [5.41, 5.74) is 4.28. The molecule has 1 fully saturated rings. The van der Waals surface area contributed by atoms with Crippen LogP contribution in [0.25, 0.3) is 5.57 Å². The van der Waals surface area contributed by atoms with Gasteiger partial charge in [0.2, 0.25) is 0 Å². The molecule has 3 heteroatoms. The Balaban J connectivity index is 2.63. The molecule has 0 atom stereocenters. The zero-order valence-corrected chi connectivity index (χ0v) is 19.5. The number of unbranched alkanes of at least 4 members (excludes halogenated alkanes) is 3. The Hall–Kier alpha value is -1.06. The van der Waals surface area contributed by atoms with Crippen molar-refractivity contribution in [1.82, 2.24) is 0 Å². The quantitative estimate of drug-likeness (QED) is 0.298. The van der Waals surface area contributed by atoms with Crippen molar-refractivity contribution < 1.29 is 9.47 Å². The summed E-state index contributed by atoms with van der Waals surface area (Å²) in [5.74, 6) is -0.560. The third-order valence-corrected chi connectivity index (χ3v) is 6.20. The van der Waals surface area contributed by atoms with Crippen LogP contribution in [0.3, 0.4) is 0 Å². The Morgan fingerprint density at radius 2 is 1.41 bits per heavy atom. The minimum absolute atomic E-state index is 0.560. The van der Waals surface area contributed by atoms with Crippen LogP contribution in [0.4, 0.5) is 0 Å². The van der Waals surface area contributed by atoms with Crippen LogP contribution < -0.4 is 0 Å². The molecule has 1 heterocycles. The van der Waals surface area contributed by atoms with Crippen molar-refractivity contribution in [3.05, 3.63) is 41.4 Å². The van der Waals surface area contributed by atoms with E-state index in [1.54, 1.807) is 5.47 Å². The fourth-order valence-corrected chi connectivity index (χ4v) is 4.75. The van der Waals surface area contributed by atoms with E-state index in [2.05, 4.69) is 58.0 Å². The molecule has 0 saturated carbocycles. The number of hydrogen-bond acceptors (Lipinski definition) is 2. The van der Waals surface area contributed by atoms with Gasteiger partial charge in [0.1, 0.15) is 0 Å². The summed E-state index contributed by atoms with van der Waals surface area (Å²) >= 11 is 0. The van der Waals surface area contributed by atoms with E-state index in [1.165, 1.54) is 62.3 Å². The zero-order valence-electron chi connectivity index (χ0n) is 19.5. The van der Waals surface area contributed by atoms with Crippen molar-refractivity contribution in [2.45, 2.75) is 104 Å². The van der Waals surface area contributed by atoms with Crippen molar-refractivity contribution in [2.75, 3.05) is 13.2 Å². The van der Waals surface area contributed by atoms with Gasteiger partial charge in [0.05, 0.1) is 13.2 Å². The summed E-state index contributed by atoms with van der Waals surface area (Å²) in [5, 5.41) is 0. The lowest BCUT2D eigenvalue weighted by Crippen LogP contribution is -2.35. The predicted octanol–water partition coefficient (Wildman–Crippen LogP) is 7.81. The molecule has 2 nitrogen and oxygen atoms in total. The van der Waals surface area contributed by atoms with Gasteiger partial charge in [0.15, 0.2) is 12.5 Å². The number of allylic oxidation sites excluding steroid dienone is 1. The van der Waals surface area contributed by atoms with Gasteiger partial charge in [-0.25, -0.2) is 0 Å². The molecule has 0 radical (unpaired) electrons. The molecule has 0 spiro atoms. The van der Waals surface area contributed by atoms with E-state index in [0.29, 0.717) is 19.9 Å². The van der Waals surface area contributed by atoms with Crippen molar-refractivity contribution in [3.63, 3.8) is 0 Å². The first-order valence-electron chi connectivity index (χ1n) is 12.3. The van der Waals surface area contributed by atoms with Crippen LogP contribution in [-0.4, -0.2) is 25.7 Å². The summed E-state index contributed by atoms with van der Waals surface area (Å²) in [6.45, 7) is 11.2. The Bertz CT molecular complexity index is 582. The van der Waals surface area contributed by atoms with Crippen LogP contribution in [0.15, 0.2) is 35.8 Å². The summed E-state index contributed by atoms with van der Waals surface area (Å²) in [7, 11) is 0. The molecule has 0 amide bonds. The second kappa shape index (κ2) is 13.3. The van der Waals surface area contributed by atoms with Crippen molar-refractivity contribution >= 4 is 12.3 Å². The van der Waals surface area contributed by atoms with Crippen molar-refractivity contribution in [3.8, 4) is 0 Å². The fraction of sp³-hybridized carbons (Fsp3) is 0.692. The maximum atomic E-state index is 6.44. The number of hydrogen-bond donors (Lipinski definition) is 0. The molecule has 0 N–H and O–H groups in total. The van der Waals surface area contributed by atoms with E-state index in [-0.39, 0.29) is 0 Å². The summed E-state index contributed by atoms with van der Waals surface area (Å²) in [6, 6.07) is 11.0. The Morgan fingerprint density at radius 1 is 0.828 bits per heavy atom. The third-order valence-electron chi connectivity index (χ3n) is 6.20. The van der Waals surface area contributed by atoms with E-state index >= 15 is 0 Å². The molecule has 0 unspecified atom stereocenters. The third kappa shape index (κ3) is 6.72. The van der Waals surface area contributed by atoms with Gasteiger partial charge in [-0.15, -0.1) is 0 Å². The van der Waals surface area contributed by atoms with Crippen molar-refractivity contribution in [2.24, 2.45) is 0 Å². The highest BCUT2D eigenvalue weighted by molar-refractivity contribution is 6.68. The van der Waals surface area contributed by atoms with Crippen LogP contribution >= 0.6 is 0 Å². The molecule has 0 aliphatic carbocycles. The largest absolute Gasteiger partial charge is 0.343 e. The van der Waals surface area contributed by atoms with Gasteiger partial charge in [-0.05, 0) is 12.0 Å². The average molecular weight is 398 g/mol. The molecule has 0 aromatic heterocycles. The molecule has 1 aromatic carbocycles. The molecular weight excluding hydrogens is 355 g/mol. The minimum atomic E-state index is -0.560. The Labute approximate surface area is 180 Å². The van der Waals surface area contributed by atoms with E-state index in [4.69, 9.17) is 9.47 Å². The molecule has 162 valence electrons. The van der Waals surface area contributed by atoms with Crippen LogP contribution in [0.2, 0.25) is 12.6 Å². The van der Waals surface area contributed by atoms with E-state index in [0.717, 1.165) is 19.3 Å². The molecule has 1 aliphatic rings. The predicted molar refractivity (Wildman–Crippen MR) is 128 cm³/mol. The number of rotatable bonds is 14. The first-order chi connectivity index (χ1) is 14.2. The zero-order chi connectivity index (χ0) is 21.0. The van der Waals surface area contributed by atoms with Crippen LogP contribution in [0.5, 0.6) is 0 Å². The first-order valence-corrected chi connectivity index (χ1v) is 12.3. The van der Waals surface area contributed by atoms with E-state index in [1.807, 2.05) is 0 Å².